The van der Waals surface area contributed by atoms with Crippen molar-refractivity contribution >= 4 is 17.6 Å². The van der Waals surface area contributed by atoms with E-state index in [-0.39, 0.29) is 29.6 Å². The van der Waals surface area contributed by atoms with Crippen molar-refractivity contribution < 1.29 is 23.4 Å². The van der Waals surface area contributed by atoms with Crippen molar-refractivity contribution in [3.05, 3.63) is 65.1 Å². The number of carbonyl (C=O) groups is 1. The molecule has 0 saturated heterocycles. The number of carbonyl (C=O) groups excluding carboxylic acids is 1. The molecule has 1 aromatic heterocycles. The van der Waals surface area contributed by atoms with E-state index in [0.29, 0.717) is 16.3 Å². The monoisotopic (exact) mass is 402 g/mol. The van der Waals surface area contributed by atoms with Crippen LogP contribution in [0.25, 0.3) is 11.4 Å². The maximum Gasteiger partial charge on any atom is 0.345 e. The number of aromatic nitrogens is 2. The summed E-state index contributed by atoms with van der Waals surface area (Å²) in [6.45, 7) is 1.87. The molecule has 0 N–H and O–H groups in total. The molecule has 0 aliphatic carbocycles. The molecule has 0 spiro atoms. The Balaban J connectivity index is 2.07. The van der Waals surface area contributed by atoms with Crippen LogP contribution in [0.2, 0.25) is 5.02 Å². The van der Waals surface area contributed by atoms with Gasteiger partial charge in [0.2, 0.25) is 5.88 Å². The number of hydrogen-bond acceptors (Lipinski definition) is 6. The van der Waals surface area contributed by atoms with Gasteiger partial charge in [-0.3, -0.25) is 0 Å². The minimum atomic E-state index is -0.632. The molecule has 0 radical (unpaired) electrons. The second-order valence-electron chi connectivity index (χ2n) is 5.51. The summed E-state index contributed by atoms with van der Waals surface area (Å²) in [5.41, 5.74) is 0.525. The molecule has 28 heavy (non-hydrogen) atoms. The largest absolute Gasteiger partial charge is 0.494 e. The lowest BCUT2D eigenvalue weighted by Crippen LogP contribution is -2.09. The normalized spacial score (nSPS) is 10.4. The fourth-order valence-corrected chi connectivity index (χ4v) is 2.54. The van der Waals surface area contributed by atoms with E-state index in [4.69, 9.17) is 25.8 Å². The van der Waals surface area contributed by atoms with E-state index in [1.165, 1.54) is 31.5 Å². The third kappa shape index (κ3) is 4.20. The van der Waals surface area contributed by atoms with E-state index in [2.05, 4.69) is 9.97 Å². The SMILES string of the molecule is CCOC(=O)c1cnc(-c2ccc(F)c(OC)c2)nc1Oc1ccccc1Cl. The van der Waals surface area contributed by atoms with Crippen molar-refractivity contribution in [1.29, 1.82) is 0 Å². The van der Waals surface area contributed by atoms with Crippen LogP contribution in [0.3, 0.4) is 0 Å². The molecule has 0 unspecified atom stereocenters. The number of benzene rings is 2. The number of hydrogen-bond donors (Lipinski definition) is 0. The average Bonchev–Trinajstić information content (AvgIpc) is 2.70. The van der Waals surface area contributed by atoms with Gasteiger partial charge in [0.1, 0.15) is 11.3 Å². The second kappa shape index (κ2) is 8.67. The van der Waals surface area contributed by atoms with Crippen molar-refractivity contribution in [3.63, 3.8) is 0 Å². The summed E-state index contributed by atoms with van der Waals surface area (Å²) < 4.78 is 29.5. The fraction of sp³-hybridized carbons (Fsp3) is 0.150. The van der Waals surface area contributed by atoms with E-state index >= 15 is 0 Å². The summed E-state index contributed by atoms with van der Waals surface area (Å²) in [5.74, 6) is -0.594. The Kier molecular flexibility index (Phi) is 6.06. The number of halogens is 2. The summed E-state index contributed by atoms with van der Waals surface area (Å²) in [5, 5.41) is 0.348. The lowest BCUT2D eigenvalue weighted by molar-refractivity contribution is 0.0522. The van der Waals surface area contributed by atoms with Crippen LogP contribution in [0, 0.1) is 5.82 Å². The van der Waals surface area contributed by atoms with E-state index in [0.717, 1.165) is 0 Å². The third-order valence-electron chi connectivity index (χ3n) is 3.70. The van der Waals surface area contributed by atoms with Gasteiger partial charge in [0, 0.05) is 11.8 Å². The minimum absolute atomic E-state index is 0.0279. The lowest BCUT2D eigenvalue weighted by atomic mass is 10.2. The Morgan fingerprint density at radius 2 is 1.96 bits per heavy atom. The Morgan fingerprint density at radius 1 is 1.18 bits per heavy atom. The van der Waals surface area contributed by atoms with Crippen molar-refractivity contribution in [2.75, 3.05) is 13.7 Å². The van der Waals surface area contributed by atoms with Crippen LogP contribution in [0.15, 0.2) is 48.7 Å². The number of nitrogens with zero attached hydrogens (tertiary/aromatic N) is 2. The number of para-hydroxylation sites is 1. The van der Waals surface area contributed by atoms with Gasteiger partial charge in [-0.05, 0) is 37.3 Å². The van der Waals surface area contributed by atoms with Crippen LogP contribution in [-0.2, 0) is 4.74 Å². The summed E-state index contributed by atoms with van der Waals surface area (Å²) >= 11 is 6.14. The minimum Gasteiger partial charge on any atom is -0.494 e. The van der Waals surface area contributed by atoms with Crippen LogP contribution < -0.4 is 9.47 Å². The Bertz CT molecular complexity index is 1010. The Labute approximate surface area is 165 Å². The Morgan fingerprint density at radius 3 is 2.68 bits per heavy atom. The zero-order chi connectivity index (χ0) is 20.1. The van der Waals surface area contributed by atoms with Crippen molar-refractivity contribution in [1.82, 2.24) is 9.97 Å². The molecule has 0 saturated carbocycles. The van der Waals surface area contributed by atoms with Gasteiger partial charge in [0.15, 0.2) is 17.4 Å². The topological polar surface area (TPSA) is 70.5 Å². The zero-order valence-electron chi connectivity index (χ0n) is 15.1. The highest BCUT2D eigenvalue weighted by Crippen LogP contribution is 2.32. The van der Waals surface area contributed by atoms with Crippen molar-refractivity contribution in [2.45, 2.75) is 6.92 Å². The fourth-order valence-electron chi connectivity index (χ4n) is 2.36. The first-order valence-corrected chi connectivity index (χ1v) is 8.71. The maximum atomic E-state index is 13.7. The molecule has 2 aromatic carbocycles. The molecule has 0 fully saturated rings. The molecule has 0 bridgehead atoms. The molecule has 0 aliphatic heterocycles. The molecule has 1 heterocycles. The lowest BCUT2D eigenvalue weighted by Gasteiger charge is -2.12. The number of esters is 1. The van der Waals surface area contributed by atoms with E-state index in [1.807, 2.05) is 0 Å². The maximum absolute atomic E-state index is 13.7. The van der Waals surface area contributed by atoms with Gasteiger partial charge in [-0.25, -0.2) is 14.2 Å². The van der Waals surface area contributed by atoms with Gasteiger partial charge < -0.3 is 14.2 Å². The number of ether oxygens (including phenoxy) is 3. The summed E-state index contributed by atoms with van der Waals surface area (Å²) in [7, 11) is 1.36. The molecule has 0 atom stereocenters. The average molecular weight is 403 g/mol. The molecule has 8 heteroatoms. The van der Waals surface area contributed by atoms with Gasteiger partial charge in [-0.1, -0.05) is 23.7 Å². The molecule has 0 aliphatic rings. The second-order valence-corrected chi connectivity index (χ2v) is 5.92. The summed E-state index contributed by atoms with van der Waals surface area (Å²) in [4.78, 5) is 20.7. The summed E-state index contributed by atoms with van der Waals surface area (Å²) in [6.07, 6.45) is 1.29. The molecule has 144 valence electrons. The van der Waals surface area contributed by atoms with E-state index < -0.39 is 11.8 Å². The number of rotatable bonds is 6. The van der Waals surface area contributed by atoms with Crippen molar-refractivity contribution in [2.24, 2.45) is 0 Å². The van der Waals surface area contributed by atoms with Gasteiger partial charge in [0.05, 0.1) is 18.7 Å². The van der Waals surface area contributed by atoms with E-state index in [1.54, 1.807) is 31.2 Å². The van der Waals surface area contributed by atoms with Gasteiger partial charge in [-0.2, -0.15) is 4.98 Å². The standard InChI is InChI=1S/C20H16ClFN2O4/c1-3-27-20(25)13-11-23-18(12-8-9-15(22)17(10-12)26-2)24-19(13)28-16-7-5-4-6-14(16)21/h4-11H,3H2,1-2H3. The highest BCUT2D eigenvalue weighted by atomic mass is 35.5. The quantitative estimate of drug-likeness (QED) is 0.545. The van der Waals surface area contributed by atoms with Gasteiger partial charge in [0.25, 0.3) is 0 Å². The molecule has 3 aromatic rings. The first kappa shape index (κ1) is 19.6. The first-order chi connectivity index (χ1) is 13.5. The predicted octanol–water partition coefficient (Wildman–Crippen LogP) is 4.91. The van der Waals surface area contributed by atoms with Crippen LogP contribution in [-0.4, -0.2) is 29.7 Å². The first-order valence-electron chi connectivity index (χ1n) is 8.34. The molecular formula is C20H16ClFN2O4. The number of methoxy groups -OCH3 is 1. The van der Waals surface area contributed by atoms with Crippen LogP contribution in [0.1, 0.15) is 17.3 Å². The van der Waals surface area contributed by atoms with Crippen LogP contribution >= 0.6 is 11.6 Å². The van der Waals surface area contributed by atoms with Crippen molar-refractivity contribution in [3.8, 4) is 28.8 Å². The highest BCUT2D eigenvalue weighted by molar-refractivity contribution is 6.32. The van der Waals surface area contributed by atoms with E-state index in [9.17, 15) is 9.18 Å². The smallest absolute Gasteiger partial charge is 0.345 e. The molecule has 6 nitrogen and oxygen atoms in total. The van der Waals surface area contributed by atoms with Crippen LogP contribution in [0.5, 0.6) is 17.4 Å². The molecule has 3 rings (SSSR count). The zero-order valence-corrected chi connectivity index (χ0v) is 15.9. The molecular weight excluding hydrogens is 387 g/mol. The predicted molar refractivity (Wildman–Crippen MR) is 101 cm³/mol. The highest BCUT2D eigenvalue weighted by Gasteiger charge is 2.20. The van der Waals surface area contributed by atoms with Crippen LogP contribution in [0.4, 0.5) is 4.39 Å². The van der Waals surface area contributed by atoms with Gasteiger partial charge >= 0.3 is 5.97 Å². The van der Waals surface area contributed by atoms with Gasteiger partial charge in [-0.15, -0.1) is 0 Å². The Hall–Kier alpha value is -3.19. The summed E-state index contributed by atoms with van der Waals surface area (Å²) in [6, 6.07) is 11.0. The third-order valence-corrected chi connectivity index (χ3v) is 4.01. The molecule has 0 amide bonds.